The summed E-state index contributed by atoms with van der Waals surface area (Å²) in [5.74, 6) is -0.585. The van der Waals surface area contributed by atoms with E-state index in [2.05, 4.69) is 15.6 Å². The predicted molar refractivity (Wildman–Crippen MR) is 135 cm³/mol. The number of benzene rings is 3. The predicted octanol–water partition coefficient (Wildman–Crippen LogP) is 3.97. The second-order valence-corrected chi connectivity index (χ2v) is 8.11. The Morgan fingerprint density at radius 1 is 1.00 bits per heavy atom. The molecule has 0 aliphatic heterocycles. The molecule has 0 aliphatic rings. The Bertz CT molecular complexity index is 1730. The summed E-state index contributed by atoms with van der Waals surface area (Å²) in [6.07, 6.45) is 2.42. The molecule has 5 rings (SSSR count). The SMILES string of the molecule is O=C(Cn1nc(-c2ccccc2)c2ccccc2c1=O)N/N=C/c1coc2ccc(Cl)cc2c1=O. The molecule has 0 atom stereocenters. The van der Waals surface area contributed by atoms with Crippen LogP contribution in [0.1, 0.15) is 5.56 Å². The van der Waals surface area contributed by atoms with Crippen LogP contribution in [0.25, 0.3) is 33.0 Å². The first-order valence-corrected chi connectivity index (χ1v) is 11.0. The van der Waals surface area contributed by atoms with Gasteiger partial charge in [-0.15, -0.1) is 0 Å². The van der Waals surface area contributed by atoms with E-state index in [0.29, 0.717) is 32.5 Å². The molecule has 0 aliphatic carbocycles. The molecular formula is C26H17ClN4O4. The van der Waals surface area contributed by atoms with Gasteiger partial charge in [-0.25, -0.2) is 10.1 Å². The molecule has 0 radical (unpaired) electrons. The number of rotatable bonds is 5. The minimum absolute atomic E-state index is 0.132. The van der Waals surface area contributed by atoms with Crippen LogP contribution in [0.5, 0.6) is 0 Å². The molecule has 5 aromatic rings. The number of carbonyl (C=O) groups excluding carboxylic acids is 1. The van der Waals surface area contributed by atoms with Gasteiger partial charge in [-0.1, -0.05) is 60.1 Å². The first-order valence-electron chi connectivity index (χ1n) is 10.6. The molecule has 0 unspecified atom stereocenters. The van der Waals surface area contributed by atoms with E-state index in [-0.39, 0.29) is 17.5 Å². The van der Waals surface area contributed by atoms with E-state index in [1.165, 1.54) is 18.5 Å². The number of fused-ring (bicyclic) bond motifs is 2. The van der Waals surface area contributed by atoms with Crippen LogP contribution in [0, 0.1) is 0 Å². The number of aromatic nitrogens is 2. The lowest BCUT2D eigenvalue weighted by Crippen LogP contribution is -2.32. The maximum Gasteiger partial charge on any atom is 0.275 e. The van der Waals surface area contributed by atoms with Crippen molar-refractivity contribution in [2.75, 3.05) is 0 Å². The first kappa shape index (κ1) is 22.2. The fourth-order valence-corrected chi connectivity index (χ4v) is 3.88. The van der Waals surface area contributed by atoms with E-state index < -0.39 is 11.5 Å². The number of hydrogen-bond donors (Lipinski definition) is 1. The molecule has 0 saturated carbocycles. The Morgan fingerprint density at radius 2 is 1.74 bits per heavy atom. The van der Waals surface area contributed by atoms with E-state index in [1.807, 2.05) is 42.5 Å². The monoisotopic (exact) mass is 484 g/mol. The minimum Gasteiger partial charge on any atom is -0.463 e. The van der Waals surface area contributed by atoms with E-state index in [0.717, 1.165) is 10.2 Å². The van der Waals surface area contributed by atoms with Crippen LogP contribution in [0.4, 0.5) is 0 Å². The fraction of sp³-hybridized carbons (Fsp3) is 0.0385. The molecule has 35 heavy (non-hydrogen) atoms. The van der Waals surface area contributed by atoms with Crippen LogP contribution >= 0.6 is 11.6 Å². The zero-order chi connectivity index (χ0) is 24.4. The van der Waals surface area contributed by atoms with Crippen molar-refractivity contribution in [3.05, 3.63) is 110 Å². The quantitative estimate of drug-likeness (QED) is 0.300. The van der Waals surface area contributed by atoms with Gasteiger partial charge in [-0.2, -0.15) is 10.2 Å². The van der Waals surface area contributed by atoms with E-state index in [1.54, 1.807) is 24.3 Å². The largest absolute Gasteiger partial charge is 0.463 e. The van der Waals surface area contributed by atoms with E-state index >= 15 is 0 Å². The maximum absolute atomic E-state index is 13.0. The highest BCUT2D eigenvalue weighted by molar-refractivity contribution is 6.31. The van der Waals surface area contributed by atoms with E-state index in [4.69, 9.17) is 16.0 Å². The zero-order valence-electron chi connectivity index (χ0n) is 18.1. The third kappa shape index (κ3) is 4.47. The third-order valence-corrected chi connectivity index (χ3v) is 5.60. The van der Waals surface area contributed by atoms with Gasteiger partial charge in [0.15, 0.2) is 0 Å². The molecule has 8 nitrogen and oxygen atoms in total. The highest BCUT2D eigenvalue weighted by Gasteiger charge is 2.14. The molecular weight excluding hydrogens is 468 g/mol. The lowest BCUT2D eigenvalue weighted by Gasteiger charge is -2.10. The number of hydrazone groups is 1. The van der Waals surface area contributed by atoms with Gasteiger partial charge >= 0.3 is 0 Å². The molecule has 1 N–H and O–H groups in total. The smallest absolute Gasteiger partial charge is 0.275 e. The molecule has 2 heterocycles. The molecule has 0 fully saturated rings. The van der Waals surface area contributed by atoms with Crippen molar-refractivity contribution < 1.29 is 9.21 Å². The molecule has 2 aromatic heterocycles. The van der Waals surface area contributed by atoms with Gasteiger partial charge in [0.2, 0.25) is 5.43 Å². The summed E-state index contributed by atoms with van der Waals surface area (Å²) in [4.78, 5) is 38.1. The summed E-state index contributed by atoms with van der Waals surface area (Å²) in [5, 5.41) is 10.1. The van der Waals surface area contributed by atoms with Crippen molar-refractivity contribution in [2.24, 2.45) is 5.10 Å². The summed E-state index contributed by atoms with van der Waals surface area (Å²) < 4.78 is 6.52. The Hall–Kier alpha value is -4.56. The average molecular weight is 485 g/mol. The second kappa shape index (κ2) is 9.36. The van der Waals surface area contributed by atoms with Crippen molar-refractivity contribution in [1.29, 1.82) is 0 Å². The number of halogens is 1. The van der Waals surface area contributed by atoms with Gasteiger partial charge in [0.1, 0.15) is 18.4 Å². The van der Waals surface area contributed by atoms with Crippen LogP contribution in [0.2, 0.25) is 5.02 Å². The summed E-state index contributed by atoms with van der Waals surface area (Å²) in [5.41, 5.74) is 3.51. The Kier molecular flexibility index (Phi) is 5.95. The maximum atomic E-state index is 13.0. The van der Waals surface area contributed by atoms with E-state index in [9.17, 15) is 14.4 Å². The van der Waals surface area contributed by atoms with Crippen molar-refractivity contribution in [3.63, 3.8) is 0 Å². The second-order valence-electron chi connectivity index (χ2n) is 7.68. The lowest BCUT2D eigenvalue weighted by atomic mass is 10.1. The Balaban J connectivity index is 1.41. The summed E-state index contributed by atoms with van der Waals surface area (Å²) >= 11 is 5.96. The number of carbonyl (C=O) groups is 1. The fourth-order valence-electron chi connectivity index (χ4n) is 3.70. The zero-order valence-corrected chi connectivity index (χ0v) is 18.9. The van der Waals surface area contributed by atoms with Crippen LogP contribution in [0.15, 0.2) is 98.2 Å². The van der Waals surface area contributed by atoms with Gasteiger partial charge in [-0.3, -0.25) is 14.4 Å². The first-order chi connectivity index (χ1) is 17.0. The van der Waals surface area contributed by atoms with Crippen molar-refractivity contribution >= 4 is 45.5 Å². The van der Waals surface area contributed by atoms with Crippen LogP contribution in [0.3, 0.4) is 0 Å². The topological polar surface area (TPSA) is 107 Å². The number of amides is 1. The molecule has 1 amide bonds. The third-order valence-electron chi connectivity index (χ3n) is 5.36. The highest BCUT2D eigenvalue weighted by Crippen LogP contribution is 2.24. The Labute approximate surface area is 203 Å². The van der Waals surface area contributed by atoms with Crippen LogP contribution in [-0.2, 0) is 11.3 Å². The summed E-state index contributed by atoms with van der Waals surface area (Å²) in [7, 11) is 0. The molecule has 0 spiro atoms. The molecule has 9 heteroatoms. The number of hydrogen-bond acceptors (Lipinski definition) is 6. The van der Waals surface area contributed by atoms with Crippen molar-refractivity contribution in [1.82, 2.24) is 15.2 Å². The average Bonchev–Trinajstić information content (AvgIpc) is 2.88. The van der Waals surface area contributed by atoms with Gasteiger partial charge in [0.05, 0.1) is 28.2 Å². The standard InChI is InChI=1S/C26H17ClN4O4/c27-18-10-11-22-21(12-18)25(33)17(15-35-22)13-28-29-23(32)14-31-26(34)20-9-5-4-8-19(20)24(30-31)16-6-2-1-3-7-16/h1-13,15H,14H2,(H,29,32)/b28-13+. The Morgan fingerprint density at radius 3 is 2.54 bits per heavy atom. The minimum atomic E-state index is -0.585. The molecule has 172 valence electrons. The lowest BCUT2D eigenvalue weighted by molar-refractivity contribution is -0.121. The van der Waals surface area contributed by atoms with Gasteiger partial charge in [0.25, 0.3) is 11.5 Å². The van der Waals surface area contributed by atoms with Crippen LogP contribution < -0.4 is 16.4 Å². The number of nitrogens with zero attached hydrogens (tertiary/aromatic N) is 3. The summed E-state index contributed by atoms with van der Waals surface area (Å²) in [6, 6.07) is 21.2. The normalized spacial score (nSPS) is 11.3. The van der Waals surface area contributed by atoms with Crippen molar-refractivity contribution in [3.8, 4) is 11.3 Å². The van der Waals surface area contributed by atoms with Gasteiger partial charge in [-0.05, 0) is 24.3 Å². The molecule has 0 saturated heterocycles. The van der Waals surface area contributed by atoms with Gasteiger partial charge < -0.3 is 4.42 Å². The highest BCUT2D eigenvalue weighted by atomic mass is 35.5. The summed E-state index contributed by atoms with van der Waals surface area (Å²) in [6.45, 7) is -0.358. The number of nitrogens with one attached hydrogen (secondary N) is 1. The molecule has 3 aromatic carbocycles. The molecule has 0 bridgehead atoms. The van der Waals surface area contributed by atoms with Gasteiger partial charge in [0, 0.05) is 16.0 Å². The van der Waals surface area contributed by atoms with Crippen molar-refractivity contribution in [2.45, 2.75) is 6.54 Å². The van der Waals surface area contributed by atoms with Crippen LogP contribution in [-0.4, -0.2) is 21.9 Å².